The van der Waals surface area contributed by atoms with Gasteiger partial charge in [0.25, 0.3) is 0 Å². The Morgan fingerprint density at radius 2 is 2.24 bits per heavy atom. The van der Waals surface area contributed by atoms with Gasteiger partial charge in [0.2, 0.25) is 0 Å². The maximum Gasteiger partial charge on any atom is 0.179 e. The Morgan fingerprint density at radius 3 is 3.06 bits per heavy atom. The number of aromatic nitrogens is 2. The minimum absolute atomic E-state index is 0.319. The molecule has 90 valence electrons. The van der Waals surface area contributed by atoms with Crippen molar-refractivity contribution in [3.8, 4) is 5.75 Å². The van der Waals surface area contributed by atoms with Crippen molar-refractivity contribution in [2.75, 3.05) is 13.1 Å². The molecule has 2 aromatic rings. The quantitative estimate of drug-likeness (QED) is 0.856. The first kappa shape index (κ1) is 10.6. The van der Waals surface area contributed by atoms with Crippen LogP contribution in [0, 0.1) is 6.92 Å². The number of rotatable bonds is 2. The van der Waals surface area contributed by atoms with Gasteiger partial charge in [0, 0.05) is 12.4 Å². The van der Waals surface area contributed by atoms with E-state index in [1.807, 2.05) is 35.9 Å². The topological polar surface area (TPSA) is 38.6 Å². The monoisotopic (exact) mass is 231 g/mol. The lowest BCUT2D eigenvalue weighted by atomic mass is 10.1. The summed E-state index contributed by atoms with van der Waals surface area (Å²) in [5.74, 6) is 0.896. The SMILES string of the molecule is Cc1cn2cccc(OC3CCNCC3)c2n1. The average Bonchev–Trinajstić information content (AvgIpc) is 2.72. The molecule has 0 aromatic carbocycles. The second-order valence-electron chi connectivity index (χ2n) is 4.55. The van der Waals surface area contributed by atoms with Gasteiger partial charge in [-0.3, -0.25) is 0 Å². The Labute approximate surface area is 101 Å². The predicted octanol–water partition coefficient (Wildman–Crippen LogP) is 1.77. The molecule has 1 aliphatic heterocycles. The van der Waals surface area contributed by atoms with E-state index >= 15 is 0 Å². The minimum Gasteiger partial charge on any atom is -0.486 e. The first-order valence-electron chi connectivity index (χ1n) is 6.14. The fourth-order valence-electron chi connectivity index (χ4n) is 2.29. The van der Waals surface area contributed by atoms with Crippen LogP contribution in [0.4, 0.5) is 0 Å². The third kappa shape index (κ3) is 2.13. The number of fused-ring (bicyclic) bond motifs is 1. The summed E-state index contributed by atoms with van der Waals surface area (Å²) < 4.78 is 8.08. The summed E-state index contributed by atoms with van der Waals surface area (Å²) in [6.07, 6.45) is 6.48. The molecule has 0 saturated carbocycles. The highest BCUT2D eigenvalue weighted by atomic mass is 16.5. The zero-order valence-electron chi connectivity index (χ0n) is 10.0. The summed E-state index contributed by atoms with van der Waals surface area (Å²) >= 11 is 0. The number of piperidine rings is 1. The number of hydrogen-bond acceptors (Lipinski definition) is 3. The molecule has 0 spiro atoms. The number of nitrogens with one attached hydrogen (secondary N) is 1. The van der Waals surface area contributed by atoms with Crippen molar-refractivity contribution in [2.24, 2.45) is 0 Å². The van der Waals surface area contributed by atoms with Crippen LogP contribution in [0.5, 0.6) is 5.75 Å². The maximum atomic E-state index is 6.06. The summed E-state index contributed by atoms with van der Waals surface area (Å²) in [6.45, 7) is 4.09. The summed E-state index contributed by atoms with van der Waals surface area (Å²) in [5.41, 5.74) is 1.94. The normalized spacial score (nSPS) is 17.5. The minimum atomic E-state index is 0.319. The second kappa shape index (κ2) is 4.37. The summed E-state index contributed by atoms with van der Waals surface area (Å²) in [5, 5.41) is 3.34. The van der Waals surface area contributed by atoms with Gasteiger partial charge >= 0.3 is 0 Å². The molecule has 0 radical (unpaired) electrons. The van der Waals surface area contributed by atoms with E-state index in [1.54, 1.807) is 0 Å². The Morgan fingerprint density at radius 1 is 1.41 bits per heavy atom. The maximum absolute atomic E-state index is 6.06. The van der Waals surface area contributed by atoms with Crippen molar-refractivity contribution in [3.05, 3.63) is 30.2 Å². The number of pyridine rings is 1. The van der Waals surface area contributed by atoms with Gasteiger partial charge in [0.05, 0.1) is 5.69 Å². The molecule has 0 atom stereocenters. The van der Waals surface area contributed by atoms with Gasteiger partial charge in [0.1, 0.15) is 6.10 Å². The van der Waals surface area contributed by atoms with Gasteiger partial charge in [-0.05, 0) is 45.0 Å². The van der Waals surface area contributed by atoms with E-state index in [2.05, 4.69) is 10.3 Å². The molecule has 0 amide bonds. The van der Waals surface area contributed by atoms with E-state index in [9.17, 15) is 0 Å². The molecule has 2 aromatic heterocycles. The van der Waals surface area contributed by atoms with Crippen LogP contribution < -0.4 is 10.1 Å². The van der Waals surface area contributed by atoms with Crippen molar-refractivity contribution in [2.45, 2.75) is 25.9 Å². The molecule has 0 bridgehead atoms. The van der Waals surface area contributed by atoms with E-state index in [0.717, 1.165) is 43.0 Å². The van der Waals surface area contributed by atoms with E-state index in [-0.39, 0.29) is 0 Å². The van der Waals surface area contributed by atoms with Gasteiger partial charge in [-0.1, -0.05) is 0 Å². The zero-order chi connectivity index (χ0) is 11.7. The first-order chi connectivity index (χ1) is 8.33. The average molecular weight is 231 g/mol. The summed E-state index contributed by atoms with van der Waals surface area (Å²) in [4.78, 5) is 4.50. The summed E-state index contributed by atoms with van der Waals surface area (Å²) in [7, 11) is 0. The van der Waals surface area contributed by atoms with E-state index in [4.69, 9.17) is 4.74 Å². The smallest absolute Gasteiger partial charge is 0.179 e. The summed E-state index contributed by atoms with van der Waals surface area (Å²) in [6, 6.07) is 4.01. The van der Waals surface area contributed by atoms with Gasteiger partial charge in [0.15, 0.2) is 11.4 Å². The van der Waals surface area contributed by atoms with Crippen LogP contribution >= 0.6 is 0 Å². The molecule has 1 saturated heterocycles. The Bertz CT molecular complexity index is 514. The molecule has 0 aliphatic carbocycles. The van der Waals surface area contributed by atoms with Crippen LogP contribution in [0.1, 0.15) is 18.5 Å². The van der Waals surface area contributed by atoms with Crippen LogP contribution in [0.2, 0.25) is 0 Å². The predicted molar refractivity (Wildman–Crippen MR) is 66.4 cm³/mol. The van der Waals surface area contributed by atoms with Crippen LogP contribution in [0.15, 0.2) is 24.5 Å². The molecule has 1 aliphatic rings. The lowest BCUT2D eigenvalue weighted by Crippen LogP contribution is -2.34. The fourth-order valence-corrected chi connectivity index (χ4v) is 2.29. The molecule has 1 N–H and O–H groups in total. The van der Waals surface area contributed by atoms with Crippen molar-refractivity contribution >= 4 is 5.65 Å². The molecule has 1 fully saturated rings. The third-order valence-electron chi connectivity index (χ3n) is 3.15. The highest BCUT2D eigenvalue weighted by Gasteiger charge is 2.16. The van der Waals surface area contributed by atoms with Crippen molar-refractivity contribution < 1.29 is 4.74 Å². The largest absolute Gasteiger partial charge is 0.486 e. The van der Waals surface area contributed by atoms with Crippen molar-refractivity contribution in [1.29, 1.82) is 0 Å². The van der Waals surface area contributed by atoms with Gasteiger partial charge in [-0.15, -0.1) is 0 Å². The van der Waals surface area contributed by atoms with Gasteiger partial charge in [-0.2, -0.15) is 0 Å². The molecule has 3 rings (SSSR count). The third-order valence-corrected chi connectivity index (χ3v) is 3.15. The van der Waals surface area contributed by atoms with Crippen molar-refractivity contribution in [3.63, 3.8) is 0 Å². The Hall–Kier alpha value is -1.55. The van der Waals surface area contributed by atoms with E-state index in [1.165, 1.54) is 0 Å². The van der Waals surface area contributed by atoms with E-state index in [0.29, 0.717) is 6.10 Å². The highest BCUT2D eigenvalue weighted by molar-refractivity contribution is 5.54. The molecule has 3 heterocycles. The molecular formula is C13H17N3O. The standard InChI is InChI=1S/C13H17N3O/c1-10-9-16-8-2-3-12(13(16)15-10)17-11-4-6-14-7-5-11/h2-3,8-9,11,14H,4-7H2,1H3. The zero-order valence-corrected chi connectivity index (χ0v) is 10.0. The Kier molecular flexibility index (Phi) is 2.73. The molecule has 4 heteroatoms. The Balaban J connectivity index is 1.88. The molecule has 4 nitrogen and oxygen atoms in total. The first-order valence-corrected chi connectivity index (χ1v) is 6.14. The van der Waals surface area contributed by atoms with Crippen molar-refractivity contribution in [1.82, 2.24) is 14.7 Å². The van der Waals surface area contributed by atoms with Crippen LogP contribution in [-0.4, -0.2) is 28.6 Å². The lowest BCUT2D eigenvalue weighted by Gasteiger charge is -2.23. The number of nitrogens with zero attached hydrogens (tertiary/aromatic N) is 2. The number of hydrogen-bond donors (Lipinski definition) is 1. The number of imidazole rings is 1. The van der Waals surface area contributed by atoms with Crippen LogP contribution in [-0.2, 0) is 0 Å². The van der Waals surface area contributed by atoms with E-state index < -0.39 is 0 Å². The molecule has 0 unspecified atom stereocenters. The lowest BCUT2D eigenvalue weighted by molar-refractivity contribution is 0.163. The highest BCUT2D eigenvalue weighted by Crippen LogP contribution is 2.22. The number of ether oxygens (including phenoxy) is 1. The van der Waals surface area contributed by atoms with Gasteiger partial charge < -0.3 is 14.5 Å². The molecule has 17 heavy (non-hydrogen) atoms. The van der Waals surface area contributed by atoms with Gasteiger partial charge in [-0.25, -0.2) is 4.98 Å². The molecular weight excluding hydrogens is 214 g/mol. The fraction of sp³-hybridized carbons (Fsp3) is 0.462. The second-order valence-corrected chi connectivity index (χ2v) is 4.55. The van der Waals surface area contributed by atoms with Crippen LogP contribution in [0.25, 0.3) is 5.65 Å². The van der Waals surface area contributed by atoms with Crippen LogP contribution in [0.3, 0.4) is 0 Å². The number of aryl methyl sites for hydroxylation is 1.